The lowest BCUT2D eigenvalue weighted by molar-refractivity contribution is 1.36. The molecule has 0 amide bonds. The van der Waals surface area contributed by atoms with E-state index in [0.717, 1.165) is 21.4 Å². The van der Waals surface area contributed by atoms with E-state index in [2.05, 4.69) is 10.3 Å². The molecule has 3 nitrogen and oxygen atoms in total. The molecule has 0 aliphatic rings. The lowest BCUT2D eigenvalue weighted by atomic mass is 10.2. The Balaban J connectivity index is 2.46. The molecule has 72 valence electrons. The molecular weight excluding hydrogens is 194 g/mol. The summed E-state index contributed by atoms with van der Waals surface area (Å²) in [5.41, 5.74) is 7.78. The smallest absolute Gasteiger partial charge is 0.184 e. The van der Waals surface area contributed by atoms with E-state index in [4.69, 9.17) is 5.73 Å². The lowest BCUT2D eigenvalue weighted by Crippen LogP contribution is -1.87. The van der Waals surface area contributed by atoms with Crippen molar-refractivity contribution in [2.45, 2.75) is 0 Å². The molecule has 4 heteroatoms. The second-order valence-corrected chi connectivity index (χ2v) is 3.88. The molecule has 14 heavy (non-hydrogen) atoms. The van der Waals surface area contributed by atoms with E-state index in [0.29, 0.717) is 0 Å². The predicted molar refractivity (Wildman–Crippen MR) is 61.5 cm³/mol. The minimum Gasteiger partial charge on any atom is -0.389 e. The van der Waals surface area contributed by atoms with Crippen LogP contribution in [-0.2, 0) is 0 Å². The maximum Gasteiger partial charge on any atom is 0.184 e. The van der Waals surface area contributed by atoms with Crippen molar-refractivity contribution in [2.24, 2.45) is 0 Å². The maximum atomic E-state index is 5.86. The van der Waals surface area contributed by atoms with Gasteiger partial charge in [0.2, 0.25) is 0 Å². The largest absolute Gasteiger partial charge is 0.389 e. The van der Waals surface area contributed by atoms with E-state index >= 15 is 0 Å². The fourth-order valence-corrected chi connectivity index (χ4v) is 1.95. The van der Waals surface area contributed by atoms with Crippen LogP contribution >= 0.6 is 11.3 Å². The molecule has 0 atom stereocenters. The number of nitrogen functional groups attached to an aromatic ring is 1. The number of aromatic nitrogens is 1. The van der Waals surface area contributed by atoms with Crippen LogP contribution in [0.25, 0.3) is 11.3 Å². The van der Waals surface area contributed by atoms with Gasteiger partial charge in [0.25, 0.3) is 0 Å². The fraction of sp³-hybridized carbons (Fsp3) is 0.100. The van der Waals surface area contributed by atoms with Crippen LogP contribution in [0.2, 0.25) is 0 Å². The van der Waals surface area contributed by atoms with Crippen LogP contribution in [0.3, 0.4) is 0 Å². The van der Waals surface area contributed by atoms with Crippen LogP contribution in [0, 0.1) is 0 Å². The van der Waals surface area contributed by atoms with E-state index in [1.807, 2.05) is 37.4 Å². The van der Waals surface area contributed by atoms with Gasteiger partial charge in [0, 0.05) is 12.6 Å². The Morgan fingerprint density at radius 2 is 2.00 bits per heavy atom. The van der Waals surface area contributed by atoms with Crippen molar-refractivity contribution in [3.05, 3.63) is 30.3 Å². The molecule has 0 unspecified atom stereocenters. The molecule has 0 bridgehead atoms. The van der Waals surface area contributed by atoms with Gasteiger partial charge in [-0.15, -0.1) is 0 Å². The van der Waals surface area contributed by atoms with Gasteiger partial charge < -0.3 is 11.1 Å². The van der Waals surface area contributed by atoms with Gasteiger partial charge in [0.05, 0.1) is 0 Å². The number of thiazole rings is 1. The van der Waals surface area contributed by atoms with Crippen LogP contribution < -0.4 is 11.1 Å². The van der Waals surface area contributed by atoms with Crippen LogP contribution in [-0.4, -0.2) is 12.0 Å². The minimum atomic E-state index is 0.751. The number of benzene rings is 1. The first-order valence-corrected chi connectivity index (χ1v) is 5.12. The van der Waals surface area contributed by atoms with Gasteiger partial charge >= 0.3 is 0 Å². The highest BCUT2D eigenvalue weighted by Gasteiger charge is 2.08. The fourth-order valence-electron chi connectivity index (χ4n) is 1.24. The number of nitrogens with two attached hydrogens (primary N) is 1. The van der Waals surface area contributed by atoms with Gasteiger partial charge in [-0.3, -0.25) is 0 Å². The summed E-state index contributed by atoms with van der Waals surface area (Å²) in [7, 11) is 1.84. The molecule has 0 saturated carbocycles. The Kier molecular flexibility index (Phi) is 2.37. The predicted octanol–water partition coefficient (Wildman–Crippen LogP) is 2.43. The zero-order valence-electron chi connectivity index (χ0n) is 7.82. The van der Waals surface area contributed by atoms with Crippen molar-refractivity contribution in [3.63, 3.8) is 0 Å². The van der Waals surface area contributed by atoms with Crippen molar-refractivity contribution in [1.82, 2.24) is 4.98 Å². The number of hydrogen-bond donors (Lipinski definition) is 2. The summed E-state index contributed by atoms with van der Waals surface area (Å²) in [6.07, 6.45) is 0. The molecule has 0 aliphatic carbocycles. The van der Waals surface area contributed by atoms with Gasteiger partial charge in [-0.2, -0.15) is 0 Å². The van der Waals surface area contributed by atoms with Crippen LogP contribution in [0.4, 0.5) is 10.1 Å². The highest BCUT2D eigenvalue weighted by atomic mass is 32.1. The van der Waals surface area contributed by atoms with Crippen molar-refractivity contribution in [3.8, 4) is 11.3 Å². The molecular formula is C10H11N3S. The SMILES string of the molecule is CNc1nc(-c2ccccc2)c(N)s1. The summed E-state index contributed by atoms with van der Waals surface area (Å²) in [5.74, 6) is 0. The molecule has 0 radical (unpaired) electrons. The molecule has 0 aliphatic heterocycles. The van der Waals surface area contributed by atoms with E-state index in [-0.39, 0.29) is 0 Å². The number of hydrogen-bond acceptors (Lipinski definition) is 4. The molecule has 2 rings (SSSR count). The Morgan fingerprint density at radius 1 is 1.29 bits per heavy atom. The Labute approximate surface area is 86.6 Å². The third-order valence-corrected chi connectivity index (χ3v) is 2.82. The van der Waals surface area contributed by atoms with Gasteiger partial charge in [-0.1, -0.05) is 41.7 Å². The zero-order chi connectivity index (χ0) is 9.97. The van der Waals surface area contributed by atoms with E-state index in [1.54, 1.807) is 0 Å². The van der Waals surface area contributed by atoms with Gasteiger partial charge in [0.1, 0.15) is 10.7 Å². The van der Waals surface area contributed by atoms with Crippen molar-refractivity contribution in [2.75, 3.05) is 18.1 Å². The third kappa shape index (κ3) is 1.56. The molecule has 3 N–H and O–H groups in total. The monoisotopic (exact) mass is 205 g/mol. The number of nitrogens with zero attached hydrogens (tertiary/aromatic N) is 1. The minimum absolute atomic E-state index is 0.751. The van der Waals surface area contributed by atoms with Gasteiger partial charge in [0.15, 0.2) is 5.13 Å². The number of nitrogens with one attached hydrogen (secondary N) is 1. The number of rotatable bonds is 2. The standard InChI is InChI=1S/C10H11N3S/c1-12-10-13-8(9(11)14-10)7-5-3-2-4-6-7/h2-6H,11H2,1H3,(H,12,13). The third-order valence-electron chi connectivity index (χ3n) is 1.91. The Morgan fingerprint density at radius 3 is 2.57 bits per heavy atom. The van der Waals surface area contributed by atoms with Gasteiger partial charge in [-0.25, -0.2) is 4.98 Å². The summed E-state index contributed by atoms with van der Waals surface area (Å²) in [4.78, 5) is 4.38. The van der Waals surface area contributed by atoms with Crippen molar-refractivity contribution in [1.29, 1.82) is 0 Å². The molecule has 2 aromatic rings. The topological polar surface area (TPSA) is 50.9 Å². The quantitative estimate of drug-likeness (QED) is 0.791. The molecule has 0 fully saturated rings. The first-order valence-electron chi connectivity index (χ1n) is 4.30. The highest BCUT2D eigenvalue weighted by Crippen LogP contribution is 2.32. The molecule has 1 aromatic heterocycles. The lowest BCUT2D eigenvalue weighted by Gasteiger charge is -1.96. The average Bonchev–Trinajstić information content (AvgIpc) is 2.61. The molecule has 1 aromatic carbocycles. The van der Waals surface area contributed by atoms with Crippen LogP contribution in [0.1, 0.15) is 0 Å². The summed E-state index contributed by atoms with van der Waals surface area (Å²) < 4.78 is 0. The first kappa shape index (κ1) is 9.02. The van der Waals surface area contributed by atoms with E-state index < -0.39 is 0 Å². The van der Waals surface area contributed by atoms with Gasteiger partial charge in [-0.05, 0) is 0 Å². The summed E-state index contributed by atoms with van der Waals surface area (Å²) >= 11 is 1.46. The zero-order valence-corrected chi connectivity index (χ0v) is 8.64. The Hall–Kier alpha value is -1.55. The van der Waals surface area contributed by atoms with Crippen molar-refractivity contribution < 1.29 is 0 Å². The maximum absolute atomic E-state index is 5.86. The number of anilines is 2. The second kappa shape index (κ2) is 3.67. The summed E-state index contributed by atoms with van der Waals surface area (Å²) in [6.45, 7) is 0. The van der Waals surface area contributed by atoms with Crippen LogP contribution in [0.15, 0.2) is 30.3 Å². The summed E-state index contributed by atoms with van der Waals surface area (Å²) in [6, 6.07) is 9.95. The van der Waals surface area contributed by atoms with Crippen LogP contribution in [0.5, 0.6) is 0 Å². The highest BCUT2D eigenvalue weighted by molar-refractivity contribution is 7.19. The second-order valence-electron chi connectivity index (χ2n) is 2.85. The molecule has 0 spiro atoms. The first-order chi connectivity index (χ1) is 6.81. The van der Waals surface area contributed by atoms with E-state index in [9.17, 15) is 0 Å². The summed E-state index contributed by atoms with van der Waals surface area (Å²) in [5, 5.41) is 4.58. The average molecular weight is 205 g/mol. The molecule has 0 saturated heterocycles. The van der Waals surface area contributed by atoms with E-state index in [1.165, 1.54) is 11.3 Å². The normalized spacial score (nSPS) is 10.1. The molecule has 1 heterocycles. The van der Waals surface area contributed by atoms with Crippen molar-refractivity contribution >= 4 is 21.5 Å². The Bertz CT molecular complexity index is 422.